The minimum atomic E-state index is -0.423. The molecule has 0 aliphatic carbocycles. The summed E-state index contributed by atoms with van der Waals surface area (Å²) in [4.78, 5) is 11.5. The summed E-state index contributed by atoms with van der Waals surface area (Å²) < 4.78 is 16.5. The molecule has 0 spiro atoms. The third-order valence-corrected chi connectivity index (χ3v) is 4.22. The summed E-state index contributed by atoms with van der Waals surface area (Å²) in [5.41, 5.74) is 1.08. The van der Waals surface area contributed by atoms with E-state index in [1.165, 1.54) is 7.11 Å². The number of ether oxygens (including phenoxy) is 2. The molecule has 25 heavy (non-hydrogen) atoms. The molecule has 1 aromatic heterocycles. The molecular formula is C17H12BrClN2O4. The van der Waals surface area contributed by atoms with Crippen molar-refractivity contribution in [1.29, 1.82) is 0 Å². The zero-order chi connectivity index (χ0) is 17.8. The molecule has 0 aliphatic rings. The van der Waals surface area contributed by atoms with Crippen molar-refractivity contribution in [2.45, 2.75) is 6.61 Å². The second kappa shape index (κ2) is 7.67. The summed E-state index contributed by atoms with van der Waals surface area (Å²) in [6.45, 7) is 0.0770. The molecule has 3 aromatic rings. The Bertz CT molecular complexity index is 913. The van der Waals surface area contributed by atoms with Gasteiger partial charge in [-0.1, -0.05) is 23.7 Å². The standard InChI is InChI=1S/C17H12BrClN2O4/c1-23-17(22)10-6-7-14(12(18)8-10)24-9-15-20-21-16(25-15)11-4-2-3-5-13(11)19/h2-8H,9H2,1H3. The van der Waals surface area contributed by atoms with E-state index < -0.39 is 5.97 Å². The first-order valence-corrected chi connectivity index (χ1v) is 8.33. The second-order valence-electron chi connectivity index (χ2n) is 4.91. The van der Waals surface area contributed by atoms with Gasteiger partial charge in [0.2, 0.25) is 5.89 Å². The molecule has 0 amide bonds. The molecule has 0 saturated carbocycles. The fourth-order valence-corrected chi connectivity index (χ4v) is 2.77. The molecule has 6 nitrogen and oxygen atoms in total. The Balaban J connectivity index is 1.71. The number of carbonyl (C=O) groups is 1. The number of hydrogen-bond donors (Lipinski definition) is 0. The van der Waals surface area contributed by atoms with Gasteiger partial charge in [0, 0.05) is 0 Å². The molecule has 128 valence electrons. The lowest BCUT2D eigenvalue weighted by atomic mass is 10.2. The van der Waals surface area contributed by atoms with E-state index in [0.29, 0.717) is 38.2 Å². The molecule has 0 atom stereocenters. The minimum absolute atomic E-state index is 0.0770. The lowest BCUT2D eigenvalue weighted by molar-refractivity contribution is 0.0600. The Morgan fingerprint density at radius 1 is 1.24 bits per heavy atom. The van der Waals surface area contributed by atoms with Gasteiger partial charge < -0.3 is 13.9 Å². The highest BCUT2D eigenvalue weighted by Crippen LogP contribution is 2.28. The highest BCUT2D eigenvalue weighted by Gasteiger charge is 2.13. The first-order valence-electron chi connectivity index (χ1n) is 7.16. The summed E-state index contributed by atoms with van der Waals surface area (Å²) in [5, 5.41) is 8.45. The van der Waals surface area contributed by atoms with Gasteiger partial charge in [0.15, 0.2) is 6.61 Å². The van der Waals surface area contributed by atoms with Crippen LogP contribution in [0.15, 0.2) is 51.4 Å². The molecule has 2 aromatic carbocycles. The van der Waals surface area contributed by atoms with Gasteiger partial charge in [0.25, 0.3) is 5.89 Å². The Hall–Kier alpha value is -2.38. The van der Waals surface area contributed by atoms with Crippen LogP contribution in [0.2, 0.25) is 5.02 Å². The molecule has 0 unspecified atom stereocenters. The fourth-order valence-electron chi connectivity index (χ4n) is 2.06. The molecule has 3 rings (SSSR count). The van der Waals surface area contributed by atoms with Crippen molar-refractivity contribution in [3.05, 3.63) is 63.4 Å². The molecule has 8 heteroatoms. The van der Waals surface area contributed by atoms with Crippen LogP contribution in [0.25, 0.3) is 11.5 Å². The van der Waals surface area contributed by atoms with Gasteiger partial charge in [-0.25, -0.2) is 4.79 Å². The normalized spacial score (nSPS) is 10.5. The summed E-state index contributed by atoms with van der Waals surface area (Å²) in [6.07, 6.45) is 0. The average molecular weight is 424 g/mol. The molecule has 0 fully saturated rings. The lowest BCUT2D eigenvalue weighted by Gasteiger charge is -2.07. The third-order valence-electron chi connectivity index (χ3n) is 3.28. The Morgan fingerprint density at radius 3 is 2.76 bits per heavy atom. The van der Waals surface area contributed by atoms with E-state index in [-0.39, 0.29) is 6.61 Å². The van der Waals surface area contributed by atoms with Crippen LogP contribution in [0, 0.1) is 0 Å². The van der Waals surface area contributed by atoms with Gasteiger partial charge in [-0.15, -0.1) is 10.2 Å². The predicted octanol–water partition coefficient (Wildman–Crippen LogP) is 4.52. The maximum absolute atomic E-state index is 11.5. The summed E-state index contributed by atoms with van der Waals surface area (Å²) in [7, 11) is 1.33. The molecule has 0 N–H and O–H groups in total. The number of aromatic nitrogens is 2. The Labute approximate surface area is 156 Å². The van der Waals surface area contributed by atoms with Gasteiger partial charge >= 0.3 is 5.97 Å². The largest absolute Gasteiger partial charge is 0.483 e. The monoisotopic (exact) mass is 422 g/mol. The molecule has 0 aliphatic heterocycles. The third kappa shape index (κ3) is 4.00. The molecule has 0 saturated heterocycles. The van der Waals surface area contributed by atoms with Crippen molar-refractivity contribution in [1.82, 2.24) is 10.2 Å². The Morgan fingerprint density at radius 2 is 2.04 bits per heavy atom. The average Bonchev–Trinajstić information content (AvgIpc) is 3.09. The number of methoxy groups -OCH3 is 1. The van der Waals surface area contributed by atoms with E-state index >= 15 is 0 Å². The Kier molecular flexibility index (Phi) is 5.35. The van der Waals surface area contributed by atoms with Crippen molar-refractivity contribution in [3.8, 4) is 17.2 Å². The van der Waals surface area contributed by atoms with Crippen LogP contribution in [0.4, 0.5) is 0 Å². The van der Waals surface area contributed by atoms with Crippen LogP contribution in [-0.2, 0) is 11.3 Å². The zero-order valence-corrected chi connectivity index (χ0v) is 15.4. The SMILES string of the molecule is COC(=O)c1ccc(OCc2nnc(-c3ccccc3Cl)o2)c(Br)c1. The first-order chi connectivity index (χ1) is 12.1. The van der Waals surface area contributed by atoms with Gasteiger partial charge in [-0.05, 0) is 46.3 Å². The van der Waals surface area contributed by atoms with Gasteiger partial charge in [0.1, 0.15) is 5.75 Å². The van der Waals surface area contributed by atoms with E-state index in [1.807, 2.05) is 12.1 Å². The highest BCUT2D eigenvalue weighted by atomic mass is 79.9. The summed E-state index contributed by atoms with van der Waals surface area (Å²) in [5.74, 6) is 0.738. The van der Waals surface area contributed by atoms with Crippen molar-refractivity contribution in [2.75, 3.05) is 7.11 Å². The molecule has 1 heterocycles. The lowest BCUT2D eigenvalue weighted by Crippen LogP contribution is -2.02. The predicted molar refractivity (Wildman–Crippen MR) is 94.6 cm³/mol. The number of halogens is 2. The smallest absolute Gasteiger partial charge is 0.337 e. The van der Waals surface area contributed by atoms with Gasteiger partial charge in [0.05, 0.1) is 27.7 Å². The van der Waals surface area contributed by atoms with E-state index in [1.54, 1.807) is 30.3 Å². The van der Waals surface area contributed by atoms with E-state index in [9.17, 15) is 4.79 Å². The number of hydrogen-bond acceptors (Lipinski definition) is 6. The number of esters is 1. The maximum Gasteiger partial charge on any atom is 0.337 e. The number of nitrogens with zero attached hydrogens (tertiary/aromatic N) is 2. The second-order valence-corrected chi connectivity index (χ2v) is 6.17. The van der Waals surface area contributed by atoms with Crippen molar-refractivity contribution in [2.24, 2.45) is 0 Å². The summed E-state index contributed by atoms with van der Waals surface area (Å²) in [6, 6.07) is 12.1. The minimum Gasteiger partial charge on any atom is -0.483 e. The first kappa shape index (κ1) is 17.4. The van der Waals surface area contributed by atoms with Crippen molar-refractivity contribution < 1.29 is 18.7 Å². The van der Waals surface area contributed by atoms with Gasteiger partial charge in [-0.3, -0.25) is 0 Å². The highest BCUT2D eigenvalue weighted by molar-refractivity contribution is 9.10. The fraction of sp³-hybridized carbons (Fsp3) is 0.118. The van der Waals surface area contributed by atoms with Crippen LogP contribution in [0.3, 0.4) is 0 Å². The van der Waals surface area contributed by atoms with E-state index in [2.05, 4.69) is 30.9 Å². The quantitative estimate of drug-likeness (QED) is 0.562. The van der Waals surface area contributed by atoms with E-state index in [4.69, 9.17) is 20.8 Å². The van der Waals surface area contributed by atoms with Crippen molar-refractivity contribution in [3.63, 3.8) is 0 Å². The van der Waals surface area contributed by atoms with Crippen LogP contribution in [0.1, 0.15) is 16.2 Å². The van der Waals surface area contributed by atoms with Gasteiger partial charge in [-0.2, -0.15) is 0 Å². The van der Waals surface area contributed by atoms with Crippen LogP contribution in [0.5, 0.6) is 5.75 Å². The molecular weight excluding hydrogens is 412 g/mol. The number of rotatable bonds is 5. The molecule has 0 radical (unpaired) electrons. The van der Waals surface area contributed by atoms with Crippen LogP contribution >= 0.6 is 27.5 Å². The van der Waals surface area contributed by atoms with Crippen LogP contribution < -0.4 is 4.74 Å². The zero-order valence-electron chi connectivity index (χ0n) is 13.0. The number of carbonyl (C=O) groups excluding carboxylic acids is 1. The topological polar surface area (TPSA) is 74.5 Å². The van der Waals surface area contributed by atoms with E-state index in [0.717, 1.165) is 0 Å². The number of benzene rings is 2. The van der Waals surface area contributed by atoms with Crippen molar-refractivity contribution >= 4 is 33.5 Å². The maximum atomic E-state index is 11.5. The molecule has 0 bridgehead atoms. The van der Waals surface area contributed by atoms with Crippen LogP contribution in [-0.4, -0.2) is 23.3 Å². The summed E-state index contributed by atoms with van der Waals surface area (Å²) >= 11 is 9.46.